The Hall–Kier alpha value is -0.810. The van der Waals surface area contributed by atoms with Gasteiger partial charge in [0.25, 0.3) is 0 Å². The first-order valence-corrected chi connectivity index (χ1v) is 5.95. The Kier molecular flexibility index (Phi) is 4.04. The summed E-state index contributed by atoms with van der Waals surface area (Å²) in [7, 11) is 0. The van der Waals surface area contributed by atoms with Crippen molar-refractivity contribution in [2.24, 2.45) is 5.41 Å². The molecule has 1 aliphatic heterocycles. The summed E-state index contributed by atoms with van der Waals surface area (Å²) in [5.74, 6) is 0. The zero-order valence-corrected chi connectivity index (χ0v) is 11.1. The van der Waals surface area contributed by atoms with E-state index in [9.17, 15) is 15.0 Å². The first kappa shape index (κ1) is 14.3. The molecule has 0 aromatic heterocycles. The molecule has 5 heteroatoms. The first-order chi connectivity index (χ1) is 7.68. The topological polar surface area (TPSA) is 70.0 Å². The predicted molar refractivity (Wildman–Crippen MR) is 63.6 cm³/mol. The zero-order chi connectivity index (χ0) is 13.3. The number of carbonyl (C=O) groups excluding carboxylic acids is 1. The highest BCUT2D eigenvalue weighted by molar-refractivity contribution is 5.68. The number of ether oxygens (including phenoxy) is 1. The Labute approximate surface area is 102 Å². The van der Waals surface area contributed by atoms with Crippen LogP contribution in [0.4, 0.5) is 4.79 Å². The van der Waals surface area contributed by atoms with E-state index in [1.54, 1.807) is 11.8 Å². The minimum atomic E-state index is -0.658. The fourth-order valence-corrected chi connectivity index (χ4v) is 1.88. The minimum Gasteiger partial charge on any atom is -0.444 e. The summed E-state index contributed by atoms with van der Waals surface area (Å²) < 4.78 is 5.27. The lowest BCUT2D eigenvalue weighted by Crippen LogP contribution is -2.54. The van der Waals surface area contributed by atoms with Crippen molar-refractivity contribution in [1.29, 1.82) is 0 Å². The molecule has 2 N–H and O–H groups in total. The third-order valence-electron chi connectivity index (χ3n) is 3.04. The standard InChI is InChI=1S/C12H23NO4/c1-11(2,3)17-10(16)13-6-5-9(15)12(4,7-13)8-14/h9,14-15H,5-8H2,1-4H3. The molecule has 0 aliphatic carbocycles. The van der Waals surface area contributed by atoms with Crippen LogP contribution < -0.4 is 0 Å². The number of hydrogen-bond donors (Lipinski definition) is 2. The summed E-state index contributed by atoms with van der Waals surface area (Å²) in [5, 5.41) is 19.1. The van der Waals surface area contributed by atoms with Gasteiger partial charge in [0, 0.05) is 18.5 Å². The van der Waals surface area contributed by atoms with Crippen LogP contribution in [0.25, 0.3) is 0 Å². The molecule has 1 amide bonds. The van der Waals surface area contributed by atoms with E-state index in [4.69, 9.17) is 4.74 Å². The first-order valence-electron chi connectivity index (χ1n) is 5.95. The maximum atomic E-state index is 11.9. The monoisotopic (exact) mass is 245 g/mol. The van der Waals surface area contributed by atoms with E-state index in [1.165, 1.54) is 0 Å². The molecule has 1 fully saturated rings. The molecule has 1 aliphatic rings. The molecule has 100 valence electrons. The lowest BCUT2D eigenvalue weighted by molar-refractivity contribution is -0.0675. The molecule has 2 unspecified atom stereocenters. The molecule has 17 heavy (non-hydrogen) atoms. The van der Waals surface area contributed by atoms with Crippen LogP contribution >= 0.6 is 0 Å². The van der Waals surface area contributed by atoms with Gasteiger partial charge in [-0.2, -0.15) is 0 Å². The van der Waals surface area contributed by atoms with E-state index in [2.05, 4.69) is 0 Å². The average molecular weight is 245 g/mol. The van der Waals surface area contributed by atoms with Gasteiger partial charge >= 0.3 is 6.09 Å². The fourth-order valence-electron chi connectivity index (χ4n) is 1.88. The number of likely N-dealkylation sites (tertiary alicyclic amines) is 1. The van der Waals surface area contributed by atoms with Crippen molar-refractivity contribution in [3.8, 4) is 0 Å². The fraction of sp³-hybridized carbons (Fsp3) is 0.917. The smallest absolute Gasteiger partial charge is 0.410 e. The van der Waals surface area contributed by atoms with E-state index < -0.39 is 17.1 Å². The van der Waals surface area contributed by atoms with Crippen LogP contribution in [-0.2, 0) is 4.74 Å². The third-order valence-corrected chi connectivity index (χ3v) is 3.04. The highest BCUT2D eigenvalue weighted by atomic mass is 16.6. The Morgan fingerprint density at radius 3 is 2.59 bits per heavy atom. The number of amides is 1. The summed E-state index contributed by atoms with van der Waals surface area (Å²) in [6, 6.07) is 0. The number of rotatable bonds is 1. The van der Waals surface area contributed by atoms with Gasteiger partial charge in [0.15, 0.2) is 0 Å². The van der Waals surface area contributed by atoms with Crippen LogP contribution in [0, 0.1) is 5.41 Å². The molecular weight excluding hydrogens is 222 g/mol. The summed E-state index contributed by atoms with van der Waals surface area (Å²) in [5.41, 5.74) is -1.18. The number of nitrogens with zero attached hydrogens (tertiary/aromatic N) is 1. The van der Waals surface area contributed by atoms with Crippen LogP contribution in [0.1, 0.15) is 34.1 Å². The summed E-state index contributed by atoms with van der Waals surface area (Å²) >= 11 is 0. The number of aliphatic hydroxyl groups excluding tert-OH is 2. The van der Waals surface area contributed by atoms with Crippen molar-refractivity contribution < 1.29 is 19.7 Å². The number of carbonyl (C=O) groups is 1. The number of aliphatic hydroxyl groups is 2. The third kappa shape index (κ3) is 3.57. The second-order valence-electron chi connectivity index (χ2n) is 6.02. The largest absolute Gasteiger partial charge is 0.444 e. The lowest BCUT2D eigenvalue weighted by Gasteiger charge is -2.42. The van der Waals surface area contributed by atoms with Crippen molar-refractivity contribution >= 4 is 6.09 Å². The van der Waals surface area contributed by atoms with E-state index in [-0.39, 0.29) is 12.7 Å². The molecule has 0 aromatic rings. The average Bonchev–Trinajstić information content (AvgIpc) is 2.19. The summed E-state index contributed by atoms with van der Waals surface area (Å²) in [4.78, 5) is 13.4. The molecular formula is C12H23NO4. The van der Waals surface area contributed by atoms with Gasteiger partial charge in [0.1, 0.15) is 5.60 Å². The van der Waals surface area contributed by atoms with Crippen LogP contribution in [0.15, 0.2) is 0 Å². The van der Waals surface area contributed by atoms with Crippen molar-refractivity contribution in [1.82, 2.24) is 4.90 Å². The number of piperidine rings is 1. The Balaban J connectivity index is 2.66. The molecule has 0 radical (unpaired) electrons. The molecule has 0 bridgehead atoms. The molecule has 2 atom stereocenters. The van der Waals surface area contributed by atoms with Crippen LogP contribution in [0.3, 0.4) is 0 Å². The zero-order valence-electron chi connectivity index (χ0n) is 11.1. The normalized spacial score (nSPS) is 30.2. The van der Waals surface area contributed by atoms with Gasteiger partial charge in [-0.15, -0.1) is 0 Å². The quantitative estimate of drug-likeness (QED) is 0.722. The molecule has 0 aromatic carbocycles. The van der Waals surface area contributed by atoms with E-state index in [0.717, 1.165) is 0 Å². The van der Waals surface area contributed by atoms with Gasteiger partial charge in [-0.3, -0.25) is 0 Å². The van der Waals surface area contributed by atoms with Crippen LogP contribution in [-0.4, -0.2) is 52.6 Å². The molecule has 5 nitrogen and oxygen atoms in total. The SMILES string of the molecule is CC(C)(C)OC(=O)N1CCC(O)C(C)(CO)C1. The second-order valence-corrected chi connectivity index (χ2v) is 6.02. The molecule has 1 heterocycles. The predicted octanol–water partition coefficient (Wildman–Crippen LogP) is 0.987. The second kappa shape index (κ2) is 4.82. The molecule has 1 saturated heterocycles. The molecule has 0 spiro atoms. The van der Waals surface area contributed by atoms with Crippen LogP contribution in [0.2, 0.25) is 0 Å². The number of hydrogen-bond acceptors (Lipinski definition) is 4. The summed E-state index contributed by atoms with van der Waals surface area (Å²) in [6.45, 7) is 7.85. The van der Waals surface area contributed by atoms with Crippen LogP contribution in [0.5, 0.6) is 0 Å². The lowest BCUT2D eigenvalue weighted by atomic mass is 9.80. The maximum Gasteiger partial charge on any atom is 0.410 e. The molecule has 1 rings (SSSR count). The van der Waals surface area contributed by atoms with Gasteiger partial charge < -0.3 is 19.8 Å². The Morgan fingerprint density at radius 2 is 2.12 bits per heavy atom. The summed E-state index contributed by atoms with van der Waals surface area (Å²) in [6.07, 6.45) is -0.494. The highest BCUT2D eigenvalue weighted by Crippen LogP contribution is 2.30. The Bertz CT molecular complexity index is 287. The van der Waals surface area contributed by atoms with Gasteiger partial charge in [0.05, 0.1) is 12.7 Å². The van der Waals surface area contributed by atoms with E-state index >= 15 is 0 Å². The van der Waals surface area contributed by atoms with Gasteiger partial charge in [-0.1, -0.05) is 6.92 Å². The van der Waals surface area contributed by atoms with Gasteiger partial charge in [-0.05, 0) is 27.2 Å². The van der Waals surface area contributed by atoms with E-state index in [1.807, 2.05) is 20.8 Å². The van der Waals surface area contributed by atoms with Crippen molar-refractivity contribution in [3.05, 3.63) is 0 Å². The van der Waals surface area contributed by atoms with Crippen molar-refractivity contribution in [3.63, 3.8) is 0 Å². The van der Waals surface area contributed by atoms with Crippen molar-refractivity contribution in [2.45, 2.75) is 45.8 Å². The Morgan fingerprint density at radius 1 is 1.53 bits per heavy atom. The molecule has 0 saturated carbocycles. The van der Waals surface area contributed by atoms with Crippen molar-refractivity contribution in [2.75, 3.05) is 19.7 Å². The highest BCUT2D eigenvalue weighted by Gasteiger charge is 2.40. The maximum absolute atomic E-state index is 11.9. The van der Waals surface area contributed by atoms with E-state index in [0.29, 0.717) is 19.5 Å². The van der Waals surface area contributed by atoms with Gasteiger partial charge in [-0.25, -0.2) is 4.79 Å². The minimum absolute atomic E-state index is 0.145. The van der Waals surface area contributed by atoms with Gasteiger partial charge in [0.2, 0.25) is 0 Å².